The first-order valence-corrected chi connectivity index (χ1v) is 7.16. The van der Waals surface area contributed by atoms with Crippen LogP contribution in [0.2, 0.25) is 0 Å². The number of hydrogen-bond acceptors (Lipinski definition) is 4. The van der Waals surface area contributed by atoms with E-state index in [-0.39, 0.29) is 0 Å². The predicted molar refractivity (Wildman–Crippen MR) is 92.0 cm³/mol. The quantitative estimate of drug-likeness (QED) is 0.583. The molecule has 3 aromatic rings. The van der Waals surface area contributed by atoms with Crippen LogP contribution in [0, 0.1) is 11.3 Å². The van der Waals surface area contributed by atoms with Gasteiger partial charge in [-0.05, 0) is 35.4 Å². The summed E-state index contributed by atoms with van der Waals surface area (Å²) in [5, 5.41) is 13.3. The molecule has 4 nitrogen and oxygen atoms in total. The molecule has 0 aliphatic carbocycles. The third-order valence-corrected chi connectivity index (χ3v) is 3.32. The number of benzene rings is 2. The Labute approximate surface area is 134 Å². The van der Waals surface area contributed by atoms with Gasteiger partial charge in [-0.15, -0.1) is 0 Å². The Morgan fingerprint density at radius 1 is 0.957 bits per heavy atom. The predicted octanol–water partition coefficient (Wildman–Crippen LogP) is 4.07. The average Bonchev–Trinajstić information content (AvgIpc) is 2.63. The van der Waals surface area contributed by atoms with Crippen LogP contribution < -0.4 is 5.43 Å². The van der Waals surface area contributed by atoms with Crippen LogP contribution in [0.3, 0.4) is 0 Å². The number of aromatic nitrogens is 1. The third kappa shape index (κ3) is 3.60. The largest absolute Gasteiger partial charge is 0.279 e. The number of rotatable bonds is 4. The lowest BCUT2D eigenvalue weighted by Crippen LogP contribution is -1.91. The van der Waals surface area contributed by atoms with Gasteiger partial charge in [0.05, 0.1) is 11.9 Å². The molecule has 0 saturated heterocycles. The summed E-state index contributed by atoms with van der Waals surface area (Å²) in [5.74, 6) is 0. The SMILES string of the molecule is N#Cc1ncccc1-c1ccc(C=NNc2ccccc2)cc1. The van der Waals surface area contributed by atoms with Crippen molar-refractivity contribution in [1.29, 1.82) is 5.26 Å². The lowest BCUT2D eigenvalue weighted by molar-refractivity contribution is 1.26. The van der Waals surface area contributed by atoms with Gasteiger partial charge in [-0.3, -0.25) is 5.43 Å². The van der Waals surface area contributed by atoms with Crippen molar-refractivity contribution in [3.63, 3.8) is 0 Å². The summed E-state index contributed by atoms with van der Waals surface area (Å²) in [6.45, 7) is 0. The van der Waals surface area contributed by atoms with Gasteiger partial charge < -0.3 is 0 Å². The summed E-state index contributed by atoms with van der Waals surface area (Å²) in [4.78, 5) is 4.08. The van der Waals surface area contributed by atoms with E-state index < -0.39 is 0 Å². The molecule has 0 unspecified atom stereocenters. The Morgan fingerprint density at radius 3 is 2.48 bits per heavy atom. The number of hydrazone groups is 1. The van der Waals surface area contributed by atoms with E-state index in [2.05, 4.69) is 21.6 Å². The van der Waals surface area contributed by atoms with Gasteiger partial charge in [-0.25, -0.2) is 4.98 Å². The third-order valence-electron chi connectivity index (χ3n) is 3.32. The van der Waals surface area contributed by atoms with Crippen molar-refractivity contribution in [3.8, 4) is 17.2 Å². The van der Waals surface area contributed by atoms with E-state index in [9.17, 15) is 0 Å². The molecule has 0 aliphatic rings. The van der Waals surface area contributed by atoms with Crippen molar-refractivity contribution in [3.05, 3.63) is 84.2 Å². The highest BCUT2D eigenvalue weighted by Gasteiger charge is 2.04. The van der Waals surface area contributed by atoms with Crippen LogP contribution in [-0.4, -0.2) is 11.2 Å². The van der Waals surface area contributed by atoms with Crippen molar-refractivity contribution in [2.45, 2.75) is 0 Å². The summed E-state index contributed by atoms with van der Waals surface area (Å²) in [7, 11) is 0. The molecule has 0 spiro atoms. The van der Waals surface area contributed by atoms with E-state index in [1.807, 2.05) is 66.7 Å². The summed E-state index contributed by atoms with van der Waals surface area (Å²) in [6.07, 6.45) is 3.38. The number of anilines is 1. The standard InChI is InChI=1S/C19H14N4/c20-13-19-18(7-4-12-21-19)16-10-8-15(9-11-16)14-22-23-17-5-2-1-3-6-17/h1-12,14,23H. The van der Waals surface area contributed by atoms with Gasteiger partial charge in [0.25, 0.3) is 0 Å². The normalized spacial score (nSPS) is 10.4. The summed E-state index contributed by atoms with van der Waals surface area (Å²) in [6, 6.07) is 23.4. The van der Waals surface area contributed by atoms with Crippen molar-refractivity contribution in [1.82, 2.24) is 4.98 Å². The van der Waals surface area contributed by atoms with Crippen LogP contribution in [0.5, 0.6) is 0 Å². The van der Waals surface area contributed by atoms with Crippen LogP contribution in [-0.2, 0) is 0 Å². The molecule has 23 heavy (non-hydrogen) atoms. The zero-order valence-corrected chi connectivity index (χ0v) is 12.3. The van der Waals surface area contributed by atoms with Crippen LogP contribution in [0.15, 0.2) is 78.0 Å². The molecule has 0 fully saturated rings. The Balaban J connectivity index is 1.74. The summed E-state index contributed by atoms with van der Waals surface area (Å²) < 4.78 is 0. The molecule has 0 amide bonds. The number of nitrogens with one attached hydrogen (secondary N) is 1. The maximum absolute atomic E-state index is 9.12. The van der Waals surface area contributed by atoms with Crippen LogP contribution >= 0.6 is 0 Å². The van der Waals surface area contributed by atoms with Gasteiger partial charge in [-0.1, -0.05) is 42.5 Å². The number of hydrogen-bond donors (Lipinski definition) is 1. The maximum atomic E-state index is 9.12. The lowest BCUT2D eigenvalue weighted by Gasteiger charge is -2.03. The highest BCUT2D eigenvalue weighted by molar-refractivity contribution is 5.82. The molecule has 0 aliphatic heterocycles. The fourth-order valence-corrected chi connectivity index (χ4v) is 2.17. The van der Waals surface area contributed by atoms with E-state index in [4.69, 9.17) is 5.26 Å². The van der Waals surface area contributed by atoms with Crippen LogP contribution in [0.4, 0.5) is 5.69 Å². The van der Waals surface area contributed by atoms with E-state index in [0.717, 1.165) is 22.4 Å². The van der Waals surface area contributed by atoms with E-state index >= 15 is 0 Å². The number of nitriles is 1. The molecule has 1 N–H and O–H groups in total. The zero-order chi connectivity index (χ0) is 15.9. The number of para-hydroxylation sites is 1. The first-order valence-electron chi connectivity index (χ1n) is 7.16. The Bertz CT molecular complexity index is 847. The van der Waals surface area contributed by atoms with E-state index in [1.165, 1.54) is 0 Å². The first-order chi connectivity index (χ1) is 11.4. The lowest BCUT2D eigenvalue weighted by atomic mass is 10.0. The molecule has 2 aromatic carbocycles. The van der Waals surface area contributed by atoms with E-state index in [0.29, 0.717) is 5.69 Å². The number of pyridine rings is 1. The van der Waals surface area contributed by atoms with Crippen LogP contribution in [0.25, 0.3) is 11.1 Å². The molecule has 3 rings (SSSR count). The molecule has 0 radical (unpaired) electrons. The average molecular weight is 298 g/mol. The molecule has 4 heteroatoms. The molecule has 0 atom stereocenters. The summed E-state index contributed by atoms with van der Waals surface area (Å²) >= 11 is 0. The Kier molecular flexibility index (Phi) is 4.41. The van der Waals surface area contributed by atoms with Gasteiger partial charge in [0, 0.05) is 11.8 Å². The van der Waals surface area contributed by atoms with Gasteiger partial charge in [0.1, 0.15) is 11.8 Å². The molecular formula is C19H14N4. The minimum absolute atomic E-state index is 0.430. The van der Waals surface area contributed by atoms with Crippen molar-refractivity contribution in [2.24, 2.45) is 5.10 Å². The minimum atomic E-state index is 0.430. The fourth-order valence-electron chi connectivity index (χ4n) is 2.17. The van der Waals surface area contributed by atoms with Crippen molar-refractivity contribution >= 4 is 11.9 Å². The van der Waals surface area contributed by atoms with Crippen molar-refractivity contribution in [2.75, 3.05) is 5.43 Å². The molecule has 110 valence electrons. The highest BCUT2D eigenvalue weighted by atomic mass is 15.3. The molecule has 0 saturated carbocycles. The highest BCUT2D eigenvalue weighted by Crippen LogP contribution is 2.21. The Hall–Kier alpha value is -3.45. The second kappa shape index (κ2) is 7.01. The molecule has 0 bridgehead atoms. The van der Waals surface area contributed by atoms with E-state index in [1.54, 1.807) is 12.4 Å². The van der Waals surface area contributed by atoms with Gasteiger partial charge in [0.2, 0.25) is 0 Å². The zero-order valence-electron chi connectivity index (χ0n) is 12.3. The van der Waals surface area contributed by atoms with Gasteiger partial charge in [0.15, 0.2) is 0 Å². The smallest absolute Gasteiger partial charge is 0.148 e. The summed E-state index contributed by atoms with van der Waals surface area (Å²) in [5.41, 5.74) is 7.11. The first kappa shape index (κ1) is 14.5. The Morgan fingerprint density at radius 2 is 1.74 bits per heavy atom. The van der Waals surface area contributed by atoms with Gasteiger partial charge in [-0.2, -0.15) is 10.4 Å². The second-order valence-corrected chi connectivity index (χ2v) is 4.87. The minimum Gasteiger partial charge on any atom is -0.279 e. The monoisotopic (exact) mass is 298 g/mol. The topological polar surface area (TPSA) is 61.1 Å². The van der Waals surface area contributed by atoms with Crippen molar-refractivity contribution < 1.29 is 0 Å². The van der Waals surface area contributed by atoms with Crippen LogP contribution in [0.1, 0.15) is 11.3 Å². The fraction of sp³-hybridized carbons (Fsp3) is 0. The molecule has 1 heterocycles. The molecular weight excluding hydrogens is 284 g/mol. The molecule has 1 aromatic heterocycles. The number of nitrogens with zero attached hydrogens (tertiary/aromatic N) is 3. The maximum Gasteiger partial charge on any atom is 0.148 e. The van der Waals surface area contributed by atoms with Gasteiger partial charge >= 0.3 is 0 Å². The second-order valence-electron chi connectivity index (χ2n) is 4.87.